The third-order valence-electron chi connectivity index (χ3n) is 6.64. The number of nitrogens with zero attached hydrogens (tertiary/aromatic N) is 1. The van der Waals surface area contributed by atoms with Gasteiger partial charge in [0.1, 0.15) is 5.75 Å². The van der Waals surface area contributed by atoms with E-state index < -0.39 is 11.7 Å². The molecule has 0 unspecified atom stereocenters. The highest BCUT2D eigenvalue weighted by molar-refractivity contribution is 6.32. The molecule has 9 heteroatoms. The lowest BCUT2D eigenvalue weighted by Crippen LogP contribution is -2.31. The minimum absolute atomic E-state index is 0. The molecule has 41 heavy (non-hydrogen) atoms. The number of benzene rings is 4. The predicted octanol–water partition coefficient (Wildman–Crippen LogP) is 8.76. The Morgan fingerprint density at radius 1 is 0.805 bits per heavy atom. The molecule has 0 aromatic heterocycles. The molecule has 4 rings (SSSR count). The molecular weight excluding hydrogens is 592 g/mol. The summed E-state index contributed by atoms with van der Waals surface area (Å²) in [7, 11) is 0. The standard InChI is InChI=1S/C32H32ClF3N2O.2ClH/c33-31-27(15-8-17-30(31)32(34,35)36)22-38(18-9-19-39-28-16-7-10-24(20-28)21-37)23-29(25-11-3-1-4-12-25)26-13-5-2-6-14-26;;/h1-8,10-17,20,29H,9,18-19,21-23,37H2;2*1H. The van der Waals surface area contributed by atoms with Crippen molar-refractivity contribution in [3.05, 3.63) is 136 Å². The minimum atomic E-state index is -4.51. The van der Waals surface area contributed by atoms with Gasteiger partial charge in [-0.2, -0.15) is 13.2 Å². The lowest BCUT2D eigenvalue weighted by atomic mass is 9.90. The summed E-state index contributed by atoms with van der Waals surface area (Å²) in [5.74, 6) is 0.774. The largest absolute Gasteiger partial charge is 0.494 e. The number of hydrogen-bond acceptors (Lipinski definition) is 3. The lowest BCUT2D eigenvalue weighted by molar-refractivity contribution is -0.137. The lowest BCUT2D eigenvalue weighted by Gasteiger charge is -2.29. The molecule has 0 fully saturated rings. The summed E-state index contributed by atoms with van der Waals surface area (Å²) >= 11 is 6.30. The first-order chi connectivity index (χ1) is 18.8. The zero-order chi connectivity index (χ0) is 27.7. The summed E-state index contributed by atoms with van der Waals surface area (Å²) in [4.78, 5) is 2.16. The summed E-state index contributed by atoms with van der Waals surface area (Å²) in [6.07, 6.45) is -3.83. The first-order valence-electron chi connectivity index (χ1n) is 12.9. The Morgan fingerprint density at radius 3 is 2.00 bits per heavy atom. The van der Waals surface area contributed by atoms with E-state index in [-0.39, 0.29) is 42.3 Å². The van der Waals surface area contributed by atoms with Crippen molar-refractivity contribution < 1.29 is 17.9 Å². The van der Waals surface area contributed by atoms with Gasteiger partial charge in [-0.15, -0.1) is 24.8 Å². The third kappa shape index (κ3) is 9.94. The van der Waals surface area contributed by atoms with Crippen molar-refractivity contribution in [3.8, 4) is 5.75 Å². The molecule has 0 heterocycles. The van der Waals surface area contributed by atoms with Gasteiger partial charge in [-0.25, -0.2) is 0 Å². The number of rotatable bonds is 12. The molecule has 0 aliphatic carbocycles. The van der Waals surface area contributed by atoms with Crippen LogP contribution in [0.3, 0.4) is 0 Å². The van der Waals surface area contributed by atoms with Crippen molar-refractivity contribution in [3.63, 3.8) is 0 Å². The summed E-state index contributed by atoms with van der Waals surface area (Å²) in [5, 5.41) is -0.249. The minimum Gasteiger partial charge on any atom is -0.494 e. The molecule has 0 saturated heterocycles. The number of halogens is 6. The van der Waals surface area contributed by atoms with Crippen LogP contribution in [0.15, 0.2) is 103 Å². The van der Waals surface area contributed by atoms with E-state index in [1.807, 2.05) is 60.7 Å². The molecule has 2 N–H and O–H groups in total. The van der Waals surface area contributed by atoms with Gasteiger partial charge in [0.05, 0.1) is 17.2 Å². The average Bonchev–Trinajstić information content (AvgIpc) is 2.95. The Kier molecular flexibility index (Phi) is 14.0. The Labute approximate surface area is 257 Å². The maximum atomic E-state index is 13.6. The summed E-state index contributed by atoms with van der Waals surface area (Å²) in [6, 6.07) is 32.1. The van der Waals surface area contributed by atoms with Crippen molar-refractivity contribution in [1.82, 2.24) is 4.90 Å². The van der Waals surface area contributed by atoms with Crippen molar-refractivity contribution in [2.24, 2.45) is 5.73 Å². The van der Waals surface area contributed by atoms with E-state index >= 15 is 0 Å². The number of nitrogens with two attached hydrogens (primary N) is 1. The molecule has 0 aliphatic rings. The Morgan fingerprint density at radius 2 is 1.41 bits per heavy atom. The first-order valence-corrected chi connectivity index (χ1v) is 13.3. The van der Waals surface area contributed by atoms with E-state index in [1.165, 1.54) is 6.07 Å². The second-order valence-electron chi connectivity index (χ2n) is 9.44. The third-order valence-corrected chi connectivity index (χ3v) is 7.09. The van der Waals surface area contributed by atoms with E-state index in [9.17, 15) is 13.2 Å². The van der Waals surface area contributed by atoms with Gasteiger partial charge in [-0.1, -0.05) is 96.5 Å². The van der Waals surface area contributed by atoms with Crippen molar-refractivity contribution in [2.75, 3.05) is 19.7 Å². The number of alkyl halides is 3. The van der Waals surface area contributed by atoms with Crippen LogP contribution in [0.1, 0.15) is 40.2 Å². The smallest absolute Gasteiger partial charge is 0.417 e. The van der Waals surface area contributed by atoms with Crippen LogP contribution in [0, 0.1) is 0 Å². The van der Waals surface area contributed by atoms with E-state index in [4.69, 9.17) is 22.1 Å². The van der Waals surface area contributed by atoms with Gasteiger partial charge in [0.15, 0.2) is 0 Å². The van der Waals surface area contributed by atoms with Crippen LogP contribution < -0.4 is 10.5 Å². The van der Waals surface area contributed by atoms with Crippen molar-refractivity contribution in [2.45, 2.75) is 31.6 Å². The Hall–Kier alpha value is -2.74. The number of ether oxygens (including phenoxy) is 1. The van der Waals surface area contributed by atoms with Crippen molar-refractivity contribution >= 4 is 36.4 Å². The summed E-state index contributed by atoms with van der Waals surface area (Å²) < 4.78 is 46.6. The van der Waals surface area contributed by atoms with Crippen LogP contribution in [0.25, 0.3) is 0 Å². The highest BCUT2D eigenvalue weighted by Crippen LogP contribution is 2.37. The molecule has 4 aromatic carbocycles. The Bertz CT molecular complexity index is 1290. The second kappa shape index (κ2) is 16.6. The van der Waals surface area contributed by atoms with Gasteiger partial charge < -0.3 is 10.5 Å². The first kappa shape index (κ1) is 34.5. The molecule has 0 spiro atoms. The topological polar surface area (TPSA) is 38.5 Å². The van der Waals surface area contributed by atoms with Crippen LogP contribution in [-0.2, 0) is 19.3 Å². The fourth-order valence-corrected chi connectivity index (χ4v) is 4.96. The van der Waals surface area contributed by atoms with Gasteiger partial charge in [0.25, 0.3) is 0 Å². The maximum absolute atomic E-state index is 13.6. The molecule has 0 saturated carbocycles. The molecule has 0 radical (unpaired) electrons. The van der Waals surface area contributed by atoms with Gasteiger partial charge in [0.2, 0.25) is 0 Å². The van der Waals surface area contributed by atoms with E-state index in [0.717, 1.165) is 28.5 Å². The molecule has 0 amide bonds. The molecular formula is C32H34Cl3F3N2O. The average molecular weight is 626 g/mol. The van der Waals surface area contributed by atoms with Crippen LogP contribution in [-0.4, -0.2) is 24.6 Å². The van der Waals surface area contributed by atoms with Crippen LogP contribution in [0.5, 0.6) is 5.75 Å². The zero-order valence-corrected chi connectivity index (χ0v) is 24.8. The highest BCUT2D eigenvalue weighted by atomic mass is 35.5. The monoisotopic (exact) mass is 624 g/mol. The molecule has 4 aromatic rings. The van der Waals surface area contributed by atoms with Gasteiger partial charge in [-0.3, -0.25) is 4.90 Å². The molecule has 3 nitrogen and oxygen atoms in total. The maximum Gasteiger partial charge on any atom is 0.417 e. The zero-order valence-electron chi connectivity index (χ0n) is 22.4. The molecule has 0 bridgehead atoms. The van der Waals surface area contributed by atoms with Gasteiger partial charge in [0, 0.05) is 32.1 Å². The van der Waals surface area contributed by atoms with E-state index in [2.05, 4.69) is 29.2 Å². The van der Waals surface area contributed by atoms with Gasteiger partial charge >= 0.3 is 6.18 Å². The number of hydrogen-bond donors (Lipinski definition) is 1. The Balaban J connectivity index is 0.00000294. The summed E-state index contributed by atoms with van der Waals surface area (Å²) in [6.45, 7) is 2.38. The van der Waals surface area contributed by atoms with Crippen LogP contribution in [0.2, 0.25) is 5.02 Å². The molecule has 220 valence electrons. The molecule has 0 aliphatic heterocycles. The predicted molar refractivity (Wildman–Crippen MR) is 165 cm³/mol. The normalized spacial score (nSPS) is 11.2. The van der Waals surface area contributed by atoms with E-state index in [1.54, 1.807) is 6.07 Å². The van der Waals surface area contributed by atoms with Crippen molar-refractivity contribution in [1.29, 1.82) is 0 Å². The van der Waals surface area contributed by atoms with E-state index in [0.29, 0.717) is 38.2 Å². The van der Waals surface area contributed by atoms with Crippen LogP contribution in [0.4, 0.5) is 13.2 Å². The fraction of sp³-hybridized carbons (Fsp3) is 0.250. The second-order valence-corrected chi connectivity index (χ2v) is 9.82. The molecule has 0 atom stereocenters. The fourth-order valence-electron chi connectivity index (χ4n) is 4.67. The quantitative estimate of drug-likeness (QED) is 0.160. The van der Waals surface area contributed by atoms with Gasteiger partial charge in [-0.05, 0) is 46.9 Å². The SMILES string of the molecule is Cl.Cl.NCc1cccc(OCCCN(Cc2cccc(C(F)(F)F)c2Cl)CC(c2ccccc2)c2ccccc2)c1. The summed E-state index contributed by atoms with van der Waals surface area (Å²) in [5.41, 5.74) is 8.63. The van der Waals surface area contributed by atoms with Crippen LogP contribution >= 0.6 is 36.4 Å². The highest BCUT2D eigenvalue weighted by Gasteiger charge is 2.34.